The summed E-state index contributed by atoms with van der Waals surface area (Å²) < 4.78 is 0. The van der Waals surface area contributed by atoms with Gasteiger partial charge in [-0.2, -0.15) is 0 Å². The maximum atomic E-state index is 12.5. The molecule has 27 heavy (non-hydrogen) atoms. The zero-order valence-corrected chi connectivity index (χ0v) is 15.6. The summed E-state index contributed by atoms with van der Waals surface area (Å²) in [6.07, 6.45) is 0. The van der Waals surface area contributed by atoms with Gasteiger partial charge in [-0.15, -0.1) is 0 Å². The van der Waals surface area contributed by atoms with Gasteiger partial charge in [0.2, 0.25) is 0 Å². The Morgan fingerprint density at radius 1 is 1.04 bits per heavy atom. The number of aromatic amines is 1. The quantitative estimate of drug-likeness (QED) is 0.479. The van der Waals surface area contributed by atoms with Crippen molar-refractivity contribution in [2.75, 3.05) is 5.32 Å². The van der Waals surface area contributed by atoms with E-state index in [1.54, 1.807) is 13.0 Å². The highest BCUT2D eigenvalue weighted by atomic mass is 16.1. The van der Waals surface area contributed by atoms with E-state index in [9.17, 15) is 4.79 Å². The van der Waals surface area contributed by atoms with Crippen molar-refractivity contribution in [2.24, 2.45) is 0 Å². The third-order valence-corrected chi connectivity index (χ3v) is 4.29. The van der Waals surface area contributed by atoms with E-state index in [-0.39, 0.29) is 5.56 Å². The number of hydrogen-bond donors (Lipinski definition) is 4. The average molecular weight is 360 g/mol. The van der Waals surface area contributed by atoms with Gasteiger partial charge in [-0.3, -0.25) is 4.79 Å². The van der Waals surface area contributed by atoms with E-state index < -0.39 is 0 Å². The molecule has 0 saturated carbocycles. The van der Waals surface area contributed by atoms with Gasteiger partial charge >= 0.3 is 0 Å². The van der Waals surface area contributed by atoms with Crippen LogP contribution in [0.3, 0.4) is 0 Å². The molecule has 0 aliphatic rings. The van der Waals surface area contributed by atoms with Crippen molar-refractivity contribution in [3.8, 4) is 0 Å². The zero-order valence-electron chi connectivity index (χ0n) is 15.6. The van der Waals surface area contributed by atoms with Crippen LogP contribution >= 0.6 is 0 Å². The molecule has 0 saturated heterocycles. The predicted octanol–water partition coefficient (Wildman–Crippen LogP) is 4.10. The summed E-state index contributed by atoms with van der Waals surface area (Å²) in [6, 6.07) is 19.7. The molecule has 0 spiro atoms. The lowest BCUT2D eigenvalue weighted by Gasteiger charge is -2.13. The lowest BCUT2D eigenvalue weighted by atomic mass is 10.1. The topological polar surface area (TPSA) is 80.8 Å². The van der Waals surface area contributed by atoms with Crippen molar-refractivity contribution in [3.63, 3.8) is 0 Å². The predicted molar refractivity (Wildman–Crippen MR) is 111 cm³/mol. The lowest BCUT2D eigenvalue weighted by Crippen LogP contribution is -2.23. The number of aromatic nitrogens is 1. The summed E-state index contributed by atoms with van der Waals surface area (Å²) in [7, 11) is 0. The van der Waals surface area contributed by atoms with Crippen LogP contribution in [-0.2, 0) is 13.1 Å². The molecule has 0 atom stereocenters. The summed E-state index contributed by atoms with van der Waals surface area (Å²) in [6.45, 7) is 4.90. The summed E-state index contributed by atoms with van der Waals surface area (Å²) in [5.74, 6) is 0.543. The van der Waals surface area contributed by atoms with Crippen molar-refractivity contribution < 1.29 is 0 Å². The summed E-state index contributed by atoms with van der Waals surface area (Å²) in [5.41, 5.74) is 4.79. The SMILES string of the molecule is CC(=N)c1cc(CNCc2cccc(C)c2)c(=O)[nH]c1Nc1ccccc1. The van der Waals surface area contributed by atoms with Crippen molar-refractivity contribution >= 4 is 17.2 Å². The number of H-pyrrole nitrogens is 1. The Labute approximate surface area is 159 Å². The molecule has 0 fully saturated rings. The Kier molecular flexibility index (Phi) is 5.84. The largest absolute Gasteiger partial charge is 0.341 e. The molecule has 0 amide bonds. The molecule has 1 aromatic heterocycles. The minimum atomic E-state index is -0.157. The second-order valence-electron chi connectivity index (χ2n) is 6.62. The monoisotopic (exact) mass is 360 g/mol. The van der Waals surface area contributed by atoms with E-state index >= 15 is 0 Å². The van der Waals surface area contributed by atoms with Crippen LogP contribution in [0.5, 0.6) is 0 Å². The normalized spacial score (nSPS) is 10.6. The van der Waals surface area contributed by atoms with Gasteiger partial charge in [-0.1, -0.05) is 48.0 Å². The van der Waals surface area contributed by atoms with Gasteiger partial charge in [-0.25, -0.2) is 0 Å². The molecule has 0 aliphatic carbocycles. The Morgan fingerprint density at radius 3 is 2.52 bits per heavy atom. The standard InChI is InChI=1S/C22H24N4O/c1-15-7-6-8-17(11-15)13-24-14-18-12-20(16(2)23)21(26-22(18)27)25-19-9-4-3-5-10-19/h3-12,23-24H,13-14H2,1-2H3,(H2,25,26,27). The summed E-state index contributed by atoms with van der Waals surface area (Å²) >= 11 is 0. The molecule has 3 aromatic rings. The molecule has 0 radical (unpaired) electrons. The first-order valence-corrected chi connectivity index (χ1v) is 8.93. The maximum absolute atomic E-state index is 12.5. The third-order valence-electron chi connectivity index (χ3n) is 4.29. The van der Waals surface area contributed by atoms with Crippen LogP contribution < -0.4 is 16.2 Å². The fourth-order valence-electron chi connectivity index (χ4n) is 2.93. The smallest absolute Gasteiger partial charge is 0.254 e. The van der Waals surface area contributed by atoms with Gasteiger partial charge < -0.3 is 21.0 Å². The van der Waals surface area contributed by atoms with Gasteiger partial charge in [0.1, 0.15) is 5.82 Å². The summed E-state index contributed by atoms with van der Waals surface area (Å²) in [5, 5.41) is 14.6. The average Bonchev–Trinajstić information content (AvgIpc) is 2.64. The Balaban J connectivity index is 1.77. The van der Waals surface area contributed by atoms with Gasteiger partial charge in [0.15, 0.2) is 0 Å². The zero-order chi connectivity index (χ0) is 19.2. The first kappa shape index (κ1) is 18.6. The molecule has 3 rings (SSSR count). The van der Waals surface area contributed by atoms with Crippen LogP contribution in [0, 0.1) is 12.3 Å². The van der Waals surface area contributed by atoms with Crippen molar-refractivity contribution in [1.29, 1.82) is 5.41 Å². The highest BCUT2D eigenvalue weighted by Crippen LogP contribution is 2.18. The highest BCUT2D eigenvalue weighted by Gasteiger charge is 2.11. The van der Waals surface area contributed by atoms with Gasteiger partial charge in [-0.05, 0) is 37.6 Å². The second kappa shape index (κ2) is 8.47. The van der Waals surface area contributed by atoms with Gasteiger partial charge in [0.05, 0.1) is 0 Å². The number of rotatable bonds is 7. The highest BCUT2D eigenvalue weighted by molar-refractivity contribution is 6.01. The minimum Gasteiger partial charge on any atom is -0.341 e. The molecule has 0 bridgehead atoms. The first-order chi connectivity index (χ1) is 13.0. The van der Waals surface area contributed by atoms with Crippen LogP contribution in [0.25, 0.3) is 0 Å². The molecular weight excluding hydrogens is 336 g/mol. The number of benzene rings is 2. The number of aryl methyl sites for hydroxylation is 1. The number of pyridine rings is 1. The van der Waals surface area contributed by atoms with E-state index in [1.165, 1.54) is 11.1 Å². The molecule has 1 heterocycles. The maximum Gasteiger partial charge on any atom is 0.254 e. The number of nitrogens with one attached hydrogen (secondary N) is 4. The van der Waals surface area contributed by atoms with Crippen molar-refractivity contribution in [1.82, 2.24) is 10.3 Å². The fourth-order valence-corrected chi connectivity index (χ4v) is 2.93. The number of para-hydroxylation sites is 1. The molecule has 5 heteroatoms. The van der Waals surface area contributed by atoms with Crippen LogP contribution in [-0.4, -0.2) is 10.7 Å². The molecule has 2 aromatic carbocycles. The Hall–Kier alpha value is -3.18. The van der Waals surface area contributed by atoms with Crippen LogP contribution in [0.4, 0.5) is 11.5 Å². The lowest BCUT2D eigenvalue weighted by molar-refractivity contribution is 0.687. The second-order valence-corrected chi connectivity index (χ2v) is 6.62. The number of anilines is 2. The Morgan fingerprint density at radius 2 is 1.81 bits per heavy atom. The van der Waals surface area contributed by atoms with E-state index in [1.807, 2.05) is 36.4 Å². The van der Waals surface area contributed by atoms with Crippen LogP contribution in [0.1, 0.15) is 29.2 Å². The van der Waals surface area contributed by atoms with Crippen LogP contribution in [0.15, 0.2) is 65.5 Å². The fraction of sp³-hybridized carbons (Fsp3) is 0.182. The third kappa shape index (κ3) is 4.92. The van der Waals surface area contributed by atoms with E-state index in [2.05, 4.69) is 40.7 Å². The molecular formula is C22H24N4O. The van der Waals surface area contributed by atoms with Crippen LogP contribution in [0.2, 0.25) is 0 Å². The molecule has 138 valence electrons. The first-order valence-electron chi connectivity index (χ1n) is 8.93. The minimum absolute atomic E-state index is 0.157. The molecule has 0 aliphatic heterocycles. The van der Waals surface area contributed by atoms with Crippen molar-refractivity contribution in [3.05, 3.63) is 93.3 Å². The number of hydrogen-bond acceptors (Lipinski definition) is 4. The van der Waals surface area contributed by atoms with Gasteiger partial charge in [0, 0.05) is 35.6 Å². The van der Waals surface area contributed by atoms with E-state index in [4.69, 9.17) is 5.41 Å². The summed E-state index contributed by atoms with van der Waals surface area (Å²) in [4.78, 5) is 15.4. The van der Waals surface area contributed by atoms with Crippen molar-refractivity contribution in [2.45, 2.75) is 26.9 Å². The molecule has 5 nitrogen and oxygen atoms in total. The Bertz CT molecular complexity index is 993. The van der Waals surface area contributed by atoms with Gasteiger partial charge in [0.25, 0.3) is 5.56 Å². The molecule has 4 N–H and O–H groups in total. The molecule has 0 unspecified atom stereocenters. The van der Waals surface area contributed by atoms with E-state index in [0.29, 0.717) is 35.7 Å². The van der Waals surface area contributed by atoms with E-state index in [0.717, 1.165) is 5.69 Å².